The maximum atomic E-state index is 11.9. The van der Waals surface area contributed by atoms with Crippen molar-refractivity contribution in [2.45, 2.75) is 6.42 Å². The molecule has 0 saturated carbocycles. The zero-order valence-electron chi connectivity index (χ0n) is 12.7. The van der Waals surface area contributed by atoms with Gasteiger partial charge in [-0.05, 0) is 42.5 Å². The van der Waals surface area contributed by atoms with Crippen LogP contribution < -0.4 is 15.0 Å². The van der Waals surface area contributed by atoms with Crippen LogP contribution in [0.3, 0.4) is 0 Å². The quantitative estimate of drug-likeness (QED) is 0.880. The third-order valence-electron chi connectivity index (χ3n) is 3.06. The van der Waals surface area contributed by atoms with E-state index in [9.17, 15) is 4.79 Å². The molecule has 2 aromatic rings. The number of carbonyl (C=O) groups excluding carboxylic acids is 1. The number of nitrogens with one attached hydrogen (secondary N) is 1. The maximum Gasteiger partial charge on any atom is 0.227 e. The smallest absolute Gasteiger partial charge is 0.227 e. The van der Waals surface area contributed by atoms with Gasteiger partial charge in [0, 0.05) is 30.5 Å². The van der Waals surface area contributed by atoms with E-state index in [2.05, 4.69) is 5.32 Å². The minimum atomic E-state index is -0.0837. The Bertz CT molecular complexity index is 627. The Morgan fingerprint density at radius 2 is 1.91 bits per heavy atom. The number of benzene rings is 2. The Kier molecular flexibility index (Phi) is 5.67. The van der Waals surface area contributed by atoms with Crippen molar-refractivity contribution in [2.75, 3.05) is 30.9 Å². The Hall–Kier alpha value is -2.20. The monoisotopic (exact) mass is 318 g/mol. The summed E-state index contributed by atoms with van der Waals surface area (Å²) >= 11 is 5.87. The van der Waals surface area contributed by atoms with E-state index < -0.39 is 0 Å². The third kappa shape index (κ3) is 4.97. The van der Waals surface area contributed by atoms with Gasteiger partial charge in [0.05, 0.1) is 13.0 Å². The highest BCUT2D eigenvalue weighted by Gasteiger charge is 2.04. The molecule has 5 heteroatoms. The maximum absolute atomic E-state index is 11.9. The molecule has 0 aromatic heterocycles. The molecule has 1 N–H and O–H groups in total. The number of rotatable bonds is 6. The topological polar surface area (TPSA) is 41.6 Å². The Balaban J connectivity index is 1.78. The average molecular weight is 319 g/mol. The van der Waals surface area contributed by atoms with Crippen LogP contribution in [0.4, 0.5) is 11.4 Å². The van der Waals surface area contributed by atoms with Crippen molar-refractivity contribution in [3.63, 3.8) is 0 Å². The number of ether oxygens (including phenoxy) is 1. The molecular formula is C17H19ClN2O2. The standard InChI is InChI=1S/C17H19ClN2O2/c1-20(2)15-8-6-14(7-9-15)19-17(21)10-11-22-16-5-3-4-13(18)12-16/h3-9,12H,10-11H2,1-2H3,(H,19,21). The van der Waals surface area contributed by atoms with Crippen molar-refractivity contribution in [1.82, 2.24) is 0 Å². The van der Waals surface area contributed by atoms with Crippen LogP contribution >= 0.6 is 11.6 Å². The van der Waals surface area contributed by atoms with Gasteiger partial charge in [-0.25, -0.2) is 0 Å². The lowest BCUT2D eigenvalue weighted by Crippen LogP contribution is -2.15. The number of hydrogen-bond acceptors (Lipinski definition) is 3. The zero-order valence-corrected chi connectivity index (χ0v) is 13.4. The lowest BCUT2D eigenvalue weighted by Gasteiger charge is -2.13. The second kappa shape index (κ2) is 7.71. The number of nitrogens with zero attached hydrogens (tertiary/aromatic N) is 1. The van der Waals surface area contributed by atoms with E-state index in [1.165, 1.54) is 0 Å². The minimum Gasteiger partial charge on any atom is -0.493 e. The number of amides is 1. The van der Waals surface area contributed by atoms with Crippen LogP contribution in [-0.2, 0) is 4.79 Å². The first kappa shape index (κ1) is 16.2. The van der Waals surface area contributed by atoms with Gasteiger partial charge in [-0.2, -0.15) is 0 Å². The van der Waals surface area contributed by atoms with Crippen molar-refractivity contribution in [1.29, 1.82) is 0 Å². The summed E-state index contributed by atoms with van der Waals surface area (Å²) in [5.41, 5.74) is 1.86. The van der Waals surface area contributed by atoms with E-state index in [1.54, 1.807) is 12.1 Å². The molecule has 0 unspecified atom stereocenters. The summed E-state index contributed by atoms with van der Waals surface area (Å²) < 4.78 is 5.49. The molecule has 0 aliphatic rings. The van der Waals surface area contributed by atoms with Gasteiger partial charge in [0.25, 0.3) is 0 Å². The zero-order chi connectivity index (χ0) is 15.9. The SMILES string of the molecule is CN(C)c1ccc(NC(=O)CCOc2cccc(Cl)c2)cc1. The molecule has 22 heavy (non-hydrogen) atoms. The molecule has 0 aliphatic carbocycles. The van der Waals surface area contributed by atoms with E-state index >= 15 is 0 Å². The molecule has 0 aliphatic heterocycles. The third-order valence-corrected chi connectivity index (χ3v) is 3.30. The predicted octanol–water partition coefficient (Wildman–Crippen LogP) is 3.81. The first-order valence-corrected chi connectivity index (χ1v) is 7.38. The molecule has 0 heterocycles. The molecular weight excluding hydrogens is 300 g/mol. The summed E-state index contributed by atoms with van der Waals surface area (Å²) in [4.78, 5) is 13.9. The molecule has 0 atom stereocenters. The highest BCUT2D eigenvalue weighted by molar-refractivity contribution is 6.30. The number of anilines is 2. The van der Waals surface area contributed by atoms with E-state index in [1.807, 2.05) is 55.4 Å². The van der Waals surface area contributed by atoms with Crippen molar-refractivity contribution < 1.29 is 9.53 Å². The highest BCUT2D eigenvalue weighted by atomic mass is 35.5. The summed E-state index contributed by atoms with van der Waals surface area (Å²) in [5.74, 6) is 0.579. The van der Waals surface area contributed by atoms with Gasteiger partial charge < -0.3 is 15.0 Å². The molecule has 4 nitrogen and oxygen atoms in total. The second-order valence-electron chi connectivity index (χ2n) is 5.05. The molecule has 0 saturated heterocycles. The predicted molar refractivity (Wildman–Crippen MR) is 91.0 cm³/mol. The molecule has 0 fully saturated rings. The fraction of sp³-hybridized carbons (Fsp3) is 0.235. The Labute approximate surface area is 135 Å². The van der Waals surface area contributed by atoms with E-state index in [0.29, 0.717) is 17.4 Å². The van der Waals surface area contributed by atoms with Crippen LogP contribution in [0.1, 0.15) is 6.42 Å². The van der Waals surface area contributed by atoms with Gasteiger partial charge in [0.2, 0.25) is 5.91 Å². The van der Waals surface area contributed by atoms with Crippen molar-refractivity contribution in [3.05, 3.63) is 53.6 Å². The average Bonchev–Trinajstić information content (AvgIpc) is 2.48. The first-order chi connectivity index (χ1) is 10.5. The van der Waals surface area contributed by atoms with Crippen LogP contribution in [0.25, 0.3) is 0 Å². The van der Waals surface area contributed by atoms with Gasteiger partial charge in [0.1, 0.15) is 5.75 Å². The van der Waals surface area contributed by atoms with Crippen LogP contribution in [0.5, 0.6) is 5.75 Å². The van der Waals surface area contributed by atoms with Crippen molar-refractivity contribution in [3.8, 4) is 5.75 Å². The largest absolute Gasteiger partial charge is 0.493 e. The lowest BCUT2D eigenvalue weighted by molar-refractivity contribution is -0.116. The summed E-state index contributed by atoms with van der Waals surface area (Å²) in [6, 6.07) is 14.8. The van der Waals surface area contributed by atoms with Crippen LogP contribution in [0.15, 0.2) is 48.5 Å². The first-order valence-electron chi connectivity index (χ1n) is 7.00. The van der Waals surface area contributed by atoms with Gasteiger partial charge in [0.15, 0.2) is 0 Å². The fourth-order valence-corrected chi connectivity index (χ4v) is 2.07. The highest BCUT2D eigenvalue weighted by Crippen LogP contribution is 2.18. The molecule has 0 spiro atoms. The summed E-state index contributed by atoms with van der Waals surface area (Å²) in [5, 5.41) is 3.46. The molecule has 2 rings (SSSR count). The number of carbonyl (C=O) groups is 1. The fourth-order valence-electron chi connectivity index (χ4n) is 1.88. The molecule has 1 amide bonds. The molecule has 116 valence electrons. The number of halogens is 1. The van der Waals surface area contributed by atoms with Gasteiger partial charge in [-0.3, -0.25) is 4.79 Å². The Morgan fingerprint density at radius 1 is 1.18 bits per heavy atom. The molecule has 2 aromatic carbocycles. The van der Waals surface area contributed by atoms with Gasteiger partial charge >= 0.3 is 0 Å². The van der Waals surface area contributed by atoms with E-state index in [4.69, 9.17) is 16.3 Å². The van der Waals surface area contributed by atoms with Crippen LogP contribution in [0.2, 0.25) is 5.02 Å². The summed E-state index contributed by atoms with van der Waals surface area (Å²) in [6.45, 7) is 0.307. The van der Waals surface area contributed by atoms with Crippen molar-refractivity contribution >= 4 is 28.9 Å². The second-order valence-corrected chi connectivity index (χ2v) is 5.48. The normalized spacial score (nSPS) is 10.1. The van der Waals surface area contributed by atoms with Crippen LogP contribution in [-0.4, -0.2) is 26.6 Å². The van der Waals surface area contributed by atoms with E-state index in [-0.39, 0.29) is 12.3 Å². The minimum absolute atomic E-state index is 0.0837. The Morgan fingerprint density at radius 3 is 2.55 bits per heavy atom. The molecule has 0 radical (unpaired) electrons. The van der Waals surface area contributed by atoms with Gasteiger partial charge in [-0.1, -0.05) is 17.7 Å². The van der Waals surface area contributed by atoms with Crippen molar-refractivity contribution in [2.24, 2.45) is 0 Å². The van der Waals surface area contributed by atoms with Gasteiger partial charge in [-0.15, -0.1) is 0 Å². The number of hydrogen-bond donors (Lipinski definition) is 1. The lowest BCUT2D eigenvalue weighted by atomic mass is 10.2. The van der Waals surface area contributed by atoms with Crippen LogP contribution in [0, 0.1) is 0 Å². The summed E-state index contributed by atoms with van der Waals surface area (Å²) in [7, 11) is 3.95. The molecule has 0 bridgehead atoms. The summed E-state index contributed by atoms with van der Waals surface area (Å²) in [6.07, 6.45) is 0.280. The van der Waals surface area contributed by atoms with E-state index in [0.717, 1.165) is 11.4 Å².